The largest absolute Gasteiger partial charge is 0.490 e. The zero-order chi connectivity index (χ0) is 41.8. The van der Waals surface area contributed by atoms with Gasteiger partial charge in [0.05, 0.1) is 35.7 Å². The number of nitrogens with zero attached hydrogens (tertiary/aromatic N) is 6. The van der Waals surface area contributed by atoms with E-state index in [4.69, 9.17) is 31.1 Å². The summed E-state index contributed by atoms with van der Waals surface area (Å²) in [5, 5.41) is 14.9. The number of methoxy groups -OCH3 is 1. The minimum Gasteiger partial charge on any atom is -0.490 e. The first-order valence-electron chi connectivity index (χ1n) is 21.1. The summed E-state index contributed by atoms with van der Waals surface area (Å²) in [6, 6.07) is 12.5. The number of benzene rings is 2. The highest BCUT2D eigenvalue weighted by Crippen LogP contribution is 2.35. The fourth-order valence-electron chi connectivity index (χ4n) is 9.08. The lowest BCUT2D eigenvalue weighted by atomic mass is 9.86. The van der Waals surface area contributed by atoms with Crippen LogP contribution in [0.1, 0.15) is 96.2 Å². The van der Waals surface area contributed by atoms with E-state index in [1.54, 1.807) is 48.7 Å². The Morgan fingerprint density at radius 2 is 1.72 bits per heavy atom. The topological polar surface area (TPSA) is 179 Å². The maximum atomic E-state index is 13.3. The van der Waals surface area contributed by atoms with E-state index in [2.05, 4.69) is 36.5 Å². The van der Waals surface area contributed by atoms with E-state index < -0.39 is 11.9 Å². The number of amides is 4. The van der Waals surface area contributed by atoms with E-state index >= 15 is 0 Å². The summed E-state index contributed by atoms with van der Waals surface area (Å²) in [6.45, 7) is 4.53. The van der Waals surface area contributed by atoms with Crippen molar-refractivity contribution in [3.8, 4) is 17.6 Å². The Hall–Kier alpha value is -5.30. The predicted octanol–water partition coefficient (Wildman–Crippen LogP) is 4.66. The van der Waals surface area contributed by atoms with Crippen molar-refractivity contribution in [2.24, 2.45) is 5.92 Å². The van der Waals surface area contributed by atoms with Crippen LogP contribution in [-0.2, 0) is 20.9 Å². The lowest BCUT2D eigenvalue weighted by molar-refractivity contribution is -0.136. The molecule has 3 aliphatic heterocycles. The van der Waals surface area contributed by atoms with Crippen LogP contribution in [0.2, 0.25) is 5.02 Å². The first-order chi connectivity index (χ1) is 29.1. The number of aromatic nitrogens is 2. The third-order valence-corrected chi connectivity index (χ3v) is 13.0. The minimum atomic E-state index is -0.639. The lowest BCUT2D eigenvalue weighted by Gasteiger charge is -2.45. The summed E-state index contributed by atoms with van der Waals surface area (Å²) in [5.74, 6) is 1.45. The van der Waals surface area contributed by atoms with E-state index in [0.29, 0.717) is 64.9 Å². The monoisotopic (exact) mass is 838 g/mol. The van der Waals surface area contributed by atoms with Gasteiger partial charge in [0.1, 0.15) is 41.2 Å². The fourth-order valence-corrected chi connectivity index (χ4v) is 9.29. The van der Waals surface area contributed by atoms with Crippen LogP contribution in [0.3, 0.4) is 0 Å². The predicted molar refractivity (Wildman–Crippen MR) is 221 cm³/mol. The number of anilines is 1. The van der Waals surface area contributed by atoms with Crippen molar-refractivity contribution in [1.29, 1.82) is 5.26 Å². The molecule has 2 aromatic carbocycles. The highest BCUT2D eigenvalue weighted by Gasteiger charge is 2.40. The second-order valence-corrected chi connectivity index (χ2v) is 17.0. The second-order valence-electron chi connectivity index (χ2n) is 16.6. The summed E-state index contributed by atoms with van der Waals surface area (Å²) >= 11 is 6.16. The Labute approximate surface area is 354 Å². The van der Waals surface area contributed by atoms with Crippen molar-refractivity contribution >= 4 is 41.0 Å². The fraction of sp³-hybridized carbons (Fsp3) is 0.523. The molecule has 16 heteroatoms. The summed E-state index contributed by atoms with van der Waals surface area (Å²) in [7, 11) is 1.73. The molecule has 4 fully saturated rings. The van der Waals surface area contributed by atoms with Crippen LogP contribution in [0.15, 0.2) is 48.8 Å². The van der Waals surface area contributed by atoms with Crippen molar-refractivity contribution in [1.82, 2.24) is 30.4 Å². The maximum absolute atomic E-state index is 13.3. The molecule has 2 aliphatic carbocycles. The molecule has 2 saturated heterocycles. The van der Waals surface area contributed by atoms with Crippen LogP contribution in [-0.4, -0.2) is 114 Å². The van der Waals surface area contributed by atoms with Crippen molar-refractivity contribution in [2.75, 3.05) is 44.8 Å². The molecule has 0 radical (unpaired) electrons. The van der Waals surface area contributed by atoms with Gasteiger partial charge in [-0.15, -0.1) is 0 Å². The molecule has 1 aromatic heterocycles. The minimum absolute atomic E-state index is 0.0192. The molecule has 1 atom stereocenters. The number of nitrogens with one attached hydrogen (secondary N) is 2. The zero-order valence-corrected chi connectivity index (χ0v) is 34.6. The van der Waals surface area contributed by atoms with Gasteiger partial charge in [-0.2, -0.15) is 5.26 Å². The normalized spacial score (nSPS) is 24.4. The Bertz CT molecular complexity index is 2110. The van der Waals surface area contributed by atoms with Gasteiger partial charge in [0.25, 0.3) is 11.8 Å². The number of hydrogen-bond donors (Lipinski definition) is 2. The maximum Gasteiger partial charge on any atom is 0.271 e. The summed E-state index contributed by atoms with van der Waals surface area (Å²) in [6.07, 6.45) is 10.9. The standard InChI is InChI=1S/C44H51ClN8O7/c1-58-17-16-52(31-18-35(19-31)60-33-7-3-29-26-53(44(57)36(29)20-33)39-10-11-41(54)50-43(39)56)25-27-12-14-51(15-13-27)40-24-47-38(23-48-40)42(55)49-30-4-8-32(9-5-30)59-34-6-2-28(22-46)37(45)21-34/h2-3,6-7,20-21,23-24,27,30-32,35,39H,4-5,8-19,25-26H2,1H3,(H,49,55)(H,50,54,56). The highest BCUT2D eigenvalue weighted by molar-refractivity contribution is 6.31. The number of rotatable bonds is 14. The third-order valence-electron chi connectivity index (χ3n) is 12.6. The highest BCUT2D eigenvalue weighted by atomic mass is 35.5. The molecule has 4 heterocycles. The molecule has 15 nitrogen and oxygen atoms in total. The van der Waals surface area contributed by atoms with Crippen LogP contribution in [0.4, 0.5) is 5.82 Å². The van der Waals surface area contributed by atoms with E-state index in [0.717, 1.165) is 88.9 Å². The number of hydrogen-bond acceptors (Lipinski definition) is 12. The van der Waals surface area contributed by atoms with E-state index in [1.165, 1.54) is 0 Å². The molecule has 2 saturated carbocycles. The number of halogens is 1. The van der Waals surface area contributed by atoms with Gasteiger partial charge in [0.2, 0.25) is 11.8 Å². The van der Waals surface area contributed by atoms with E-state index in [9.17, 15) is 19.2 Å². The molecule has 0 spiro atoms. The van der Waals surface area contributed by atoms with Gasteiger partial charge < -0.3 is 29.3 Å². The van der Waals surface area contributed by atoms with Gasteiger partial charge in [0.15, 0.2) is 0 Å². The molecule has 60 heavy (non-hydrogen) atoms. The zero-order valence-electron chi connectivity index (χ0n) is 33.8. The van der Waals surface area contributed by atoms with Gasteiger partial charge in [-0.1, -0.05) is 17.7 Å². The van der Waals surface area contributed by atoms with Crippen LogP contribution in [0.5, 0.6) is 11.5 Å². The molecule has 2 N–H and O–H groups in total. The lowest BCUT2D eigenvalue weighted by Crippen LogP contribution is -2.52. The number of imide groups is 1. The first-order valence-corrected chi connectivity index (χ1v) is 21.4. The quantitative estimate of drug-likeness (QED) is 0.215. The molecule has 5 aliphatic rings. The number of nitriles is 1. The SMILES string of the molecule is COCCN(CC1CCN(c2cnc(C(=O)NC3CCC(Oc4ccc(C#N)c(Cl)c4)CC3)cn2)CC1)C1CC(Oc2ccc3c(c2)C(=O)N(C2CCC(=O)NC2=O)C3)C1. The smallest absolute Gasteiger partial charge is 0.271 e. The third kappa shape index (κ3) is 9.51. The summed E-state index contributed by atoms with van der Waals surface area (Å²) in [4.78, 5) is 65.9. The Balaban J connectivity index is 0.760. The van der Waals surface area contributed by atoms with Crippen molar-refractivity contribution < 1.29 is 33.4 Å². The Morgan fingerprint density at radius 3 is 2.42 bits per heavy atom. The molecule has 8 rings (SSSR count). The van der Waals surface area contributed by atoms with Gasteiger partial charge in [0, 0.05) is 82.8 Å². The van der Waals surface area contributed by atoms with Crippen LogP contribution >= 0.6 is 11.6 Å². The van der Waals surface area contributed by atoms with Gasteiger partial charge in [-0.05, 0) is 80.7 Å². The van der Waals surface area contributed by atoms with E-state index in [1.807, 2.05) is 12.1 Å². The van der Waals surface area contributed by atoms with Gasteiger partial charge in [-0.3, -0.25) is 29.4 Å². The molecular weight excluding hydrogens is 788 g/mol. The molecule has 3 aromatic rings. The average molecular weight is 839 g/mol. The summed E-state index contributed by atoms with van der Waals surface area (Å²) in [5.41, 5.74) is 2.13. The molecule has 4 amide bonds. The molecular formula is C44H51ClN8O7. The summed E-state index contributed by atoms with van der Waals surface area (Å²) < 4.78 is 17.9. The van der Waals surface area contributed by atoms with Crippen LogP contribution in [0.25, 0.3) is 0 Å². The first kappa shape index (κ1) is 41.4. The second kappa shape index (κ2) is 18.5. The number of fused-ring (bicyclic) bond motifs is 1. The van der Waals surface area contributed by atoms with Crippen molar-refractivity contribution in [3.05, 3.63) is 76.2 Å². The molecule has 1 unspecified atom stereocenters. The van der Waals surface area contributed by atoms with Crippen molar-refractivity contribution in [3.63, 3.8) is 0 Å². The van der Waals surface area contributed by atoms with Gasteiger partial charge in [-0.25, -0.2) is 9.97 Å². The van der Waals surface area contributed by atoms with E-state index in [-0.39, 0.29) is 42.4 Å². The number of piperidine rings is 2. The number of ether oxygens (including phenoxy) is 3. The number of carbonyl (C=O) groups is 4. The Kier molecular flexibility index (Phi) is 12.8. The molecule has 316 valence electrons. The van der Waals surface area contributed by atoms with Crippen molar-refractivity contribution in [2.45, 2.75) is 101 Å². The average Bonchev–Trinajstić information content (AvgIpc) is 3.56. The number of carbonyl (C=O) groups excluding carboxylic acids is 4. The van der Waals surface area contributed by atoms with Gasteiger partial charge >= 0.3 is 0 Å². The Morgan fingerprint density at radius 1 is 0.967 bits per heavy atom. The van der Waals surface area contributed by atoms with Crippen LogP contribution < -0.4 is 25.0 Å². The molecule has 0 bridgehead atoms. The van der Waals surface area contributed by atoms with Crippen LogP contribution in [0, 0.1) is 17.2 Å².